The van der Waals surface area contributed by atoms with Crippen LogP contribution in [0.3, 0.4) is 0 Å². The normalized spacial score (nSPS) is 12.7. The fourth-order valence-electron chi connectivity index (χ4n) is 2.26. The standard InChI is InChI=1S/C16H20ClN3O2S/c1-9(2)20-15(22)12-7-6-11(17)8-13(12)18-16(20)23-10(3)14(21)19(4)5/h6-10H,1-5H3/t10-/m1/s1. The van der Waals surface area contributed by atoms with Crippen LogP contribution in [0, 0.1) is 0 Å². The number of hydrogen-bond donors (Lipinski definition) is 0. The van der Waals surface area contributed by atoms with Gasteiger partial charge < -0.3 is 4.90 Å². The summed E-state index contributed by atoms with van der Waals surface area (Å²) in [6, 6.07) is 4.99. The lowest BCUT2D eigenvalue weighted by atomic mass is 10.2. The van der Waals surface area contributed by atoms with Crippen molar-refractivity contribution in [3.05, 3.63) is 33.6 Å². The van der Waals surface area contributed by atoms with Crippen molar-refractivity contribution < 1.29 is 4.79 Å². The first kappa shape index (κ1) is 17.8. The Labute approximate surface area is 144 Å². The van der Waals surface area contributed by atoms with E-state index in [1.807, 2.05) is 20.8 Å². The molecular formula is C16H20ClN3O2S. The van der Waals surface area contributed by atoms with Crippen LogP contribution in [0.2, 0.25) is 5.02 Å². The molecule has 1 heterocycles. The Balaban J connectivity index is 2.59. The van der Waals surface area contributed by atoms with Gasteiger partial charge in [0.2, 0.25) is 5.91 Å². The van der Waals surface area contributed by atoms with Gasteiger partial charge in [-0.3, -0.25) is 14.2 Å². The van der Waals surface area contributed by atoms with Crippen LogP contribution >= 0.6 is 23.4 Å². The van der Waals surface area contributed by atoms with Gasteiger partial charge in [-0.05, 0) is 39.0 Å². The number of thioether (sulfide) groups is 1. The number of benzene rings is 1. The van der Waals surface area contributed by atoms with Crippen LogP contribution in [-0.2, 0) is 4.79 Å². The maximum Gasteiger partial charge on any atom is 0.262 e. The molecule has 7 heteroatoms. The molecule has 23 heavy (non-hydrogen) atoms. The van der Waals surface area contributed by atoms with E-state index in [-0.39, 0.29) is 22.8 Å². The van der Waals surface area contributed by atoms with Gasteiger partial charge in [-0.15, -0.1) is 0 Å². The molecule has 1 amide bonds. The Bertz CT molecular complexity index is 802. The maximum atomic E-state index is 12.8. The second-order valence-corrected chi connectivity index (χ2v) is 7.56. The molecule has 0 radical (unpaired) electrons. The zero-order chi connectivity index (χ0) is 17.3. The molecule has 2 aromatic rings. The smallest absolute Gasteiger partial charge is 0.262 e. The van der Waals surface area contributed by atoms with Gasteiger partial charge in [0.1, 0.15) is 0 Å². The summed E-state index contributed by atoms with van der Waals surface area (Å²) in [5.74, 6) is -0.0225. The zero-order valence-electron chi connectivity index (χ0n) is 13.8. The summed E-state index contributed by atoms with van der Waals surface area (Å²) in [4.78, 5) is 31.0. The van der Waals surface area contributed by atoms with Crippen LogP contribution in [0.25, 0.3) is 10.9 Å². The number of carbonyl (C=O) groups excluding carboxylic acids is 1. The lowest BCUT2D eigenvalue weighted by Crippen LogP contribution is -2.31. The van der Waals surface area contributed by atoms with E-state index < -0.39 is 0 Å². The number of amides is 1. The van der Waals surface area contributed by atoms with Gasteiger partial charge in [0.05, 0.1) is 16.2 Å². The van der Waals surface area contributed by atoms with Gasteiger partial charge in [-0.2, -0.15) is 0 Å². The summed E-state index contributed by atoms with van der Waals surface area (Å²) >= 11 is 7.29. The van der Waals surface area contributed by atoms with E-state index in [1.54, 1.807) is 36.9 Å². The molecule has 0 saturated carbocycles. The van der Waals surface area contributed by atoms with Gasteiger partial charge in [0.25, 0.3) is 5.56 Å². The molecule has 0 saturated heterocycles. The summed E-state index contributed by atoms with van der Waals surface area (Å²) < 4.78 is 1.63. The first-order valence-electron chi connectivity index (χ1n) is 7.32. The minimum Gasteiger partial charge on any atom is -0.348 e. The Morgan fingerprint density at radius 1 is 1.30 bits per heavy atom. The SMILES string of the molecule is CC(C)n1c(S[C@H](C)C(=O)N(C)C)nc2cc(Cl)ccc2c1=O. The van der Waals surface area contributed by atoms with Crippen LogP contribution in [0.4, 0.5) is 0 Å². The van der Waals surface area contributed by atoms with Gasteiger partial charge in [0.15, 0.2) is 5.16 Å². The van der Waals surface area contributed by atoms with E-state index in [9.17, 15) is 9.59 Å². The fourth-order valence-corrected chi connectivity index (χ4v) is 3.61. The molecule has 1 atom stereocenters. The number of carbonyl (C=O) groups is 1. The molecule has 1 aromatic heterocycles. The molecule has 5 nitrogen and oxygen atoms in total. The Morgan fingerprint density at radius 2 is 1.96 bits per heavy atom. The van der Waals surface area contributed by atoms with Crippen LogP contribution in [0.1, 0.15) is 26.8 Å². The first-order chi connectivity index (χ1) is 10.7. The van der Waals surface area contributed by atoms with Crippen LogP contribution in [0.5, 0.6) is 0 Å². The average molecular weight is 354 g/mol. The van der Waals surface area contributed by atoms with Crippen molar-refractivity contribution in [1.82, 2.24) is 14.5 Å². The minimum atomic E-state index is -0.335. The average Bonchev–Trinajstić information content (AvgIpc) is 2.45. The van der Waals surface area contributed by atoms with Crippen molar-refractivity contribution in [2.45, 2.75) is 37.2 Å². The van der Waals surface area contributed by atoms with E-state index in [2.05, 4.69) is 4.98 Å². The molecule has 0 aliphatic heterocycles. The van der Waals surface area contributed by atoms with Crippen molar-refractivity contribution in [2.24, 2.45) is 0 Å². The number of fused-ring (bicyclic) bond motifs is 1. The Morgan fingerprint density at radius 3 is 2.52 bits per heavy atom. The fraction of sp³-hybridized carbons (Fsp3) is 0.438. The topological polar surface area (TPSA) is 55.2 Å². The summed E-state index contributed by atoms with van der Waals surface area (Å²) in [5, 5.41) is 1.25. The molecule has 0 aliphatic carbocycles. The van der Waals surface area contributed by atoms with Gasteiger partial charge in [0, 0.05) is 25.2 Å². The molecule has 0 spiro atoms. The summed E-state index contributed by atoms with van der Waals surface area (Å²) in [6.45, 7) is 5.66. The third kappa shape index (κ3) is 3.70. The monoisotopic (exact) mass is 353 g/mol. The number of hydrogen-bond acceptors (Lipinski definition) is 4. The Kier molecular flexibility index (Phi) is 5.37. The molecule has 0 bridgehead atoms. The van der Waals surface area contributed by atoms with E-state index in [4.69, 9.17) is 11.6 Å². The predicted octanol–water partition coefficient (Wildman–Crippen LogP) is 3.20. The third-order valence-electron chi connectivity index (χ3n) is 3.42. The second kappa shape index (κ2) is 6.93. The lowest BCUT2D eigenvalue weighted by Gasteiger charge is -2.20. The van der Waals surface area contributed by atoms with E-state index in [0.29, 0.717) is 21.1 Å². The van der Waals surface area contributed by atoms with E-state index >= 15 is 0 Å². The quantitative estimate of drug-likeness (QED) is 0.625. The van der Waals surface area contributed by atoms with Crippen molar-refractivity contribution in [3.63, 3.8) is 0 Å². The molecule has 0 fully saturated rings. The largest absolute Gasteiger partial charge is 0.348 e. The molecule has 1 aromatic carbocycles. The summed E-state index contributed by atoms with van der Waals surface area (Å²) in [5.41, 5.74) is 0.431. The van der Waals surface area contributed by atoms with Gasteiger partial charge in [-0.1, -0.05) is 23.4 Å². The van der Waals surface area contributed by atoms with Crippen molar-refractivity contribution in [3.8, 4) is 0 Å². The highest BCUT2D eigenvalue weighted by Gasteiger charge is 2.21. The first-order valence-corrected chi connectivity index (χ1v) is 8.57. The number of nitrogens with zero attached hydrogens (tertiary/aromatic N) is 3. The highest BCUT2D eigenvalue weighted by molar-refractivity contribution is 8.00. The second-order valence-electron chi connectivity index (χ2n) is 5.82. The maximum absolute atomic E-state index is 12.8. The van der Waals surface area contributed by atoms with E-state index in [0.717, 1.165) is 0 Å². The van der Waals surface area contributed by atoms with Crippen LogP contribution in [0.15, 0.2) is 28.2 Å². The number of aromatic nitrogens is 2. The third-order valence-corrected chi connectivity index (χ3v) is 4.71. The summed E-state index contributed by atoms with van der Waals surface area (Å²) in [7, 11) is 3.42. The van der Waals surface area contributed by atoms with Gasteiger partial charge in [-0.25, -0.2) is 4.98 Å². The minimum absolute atomic E-state index is 0.0225. The lowest BCUT2D eigenvalue weighted by molar-refractivity contribution is -0.127. The van der Waals surface area contributed by atoms with Crippen molar-refractivity contribution >= 4 is 40.2 Å². The van der Waals surface area contributed by atoms with Crippen molar-refractivity contribution in [2.75, 3.05) is 14.1 Å². The highest BCUT2D eigenvalue weighted by atomic mass is 35.5. The predicted molar refractivity (Wildman–Crippen MR) is 95.4 cm³/mol. The highest BCUT2D eigenvalue weighted by Crippen LogP contribution is 2.26. The Hall–Kier alpha value is -1.53. The van der Waals surface area contributed by atoms with Crippen LogP contribution in [-0.4, -0.2) is 39.7 Å². The zero-order valence-corrected chi connectivity index (χ0v) is 15.4. The van der Waals surface area contributed by atoms with Crippen molar-refractivity contribution in [1.29, 1.82) is 0 Å². The van der Waals surface area contributed by atoms with Gasteiger partial charge >= 0.3 is 0 Å². The molecule has 0 aliphatic rings. The van der Waals surface area contributed by atoms with Crippen LogP contribution < -0.4 is 5.56 Å². The van der Waals surface area contributed by atoms with E-state index in [1.165, 1.54) is 16.7 Å². The molecule has 0 unspecified atom stereocenters. The summed E-state index contributed by atoms with van der Waals surface area (Å²) in [6.07, 6.45) is 0. The molecule has 0 N–H and O–H groups in total. The number of rotatable bonds is 4. The number of halogens is 1. The molecular weight excluding hydrogens is 334 g/mol. The molecule has 2 rings (SSSR count). The molecule has 124 valence electrons.